The van der Waals surface area contributed by atoms with E-state index < -0.39 is 29.0 Å². The van der Waals surface area contributed by atoms with Gasteiger partial charge in [-0.05, 0) is 11.4 Å². The number of halogens is 3. The molecule has 88 valence electrons. The molecule has 0 unspecified atom stereocenters. The van der Waals surface area contributed by atoms with Crippen LogP contribution in [0.15, 0.2) is 29.6 Å². The minimum atomic E-state index is -1.34. The molecule has 1 heterocycles. The van der Waals surface area contributed by atoms with Gasteiger partial charge in [-0.25, -0.2) is 13.2 Å². The second-order valence-corrected chi connectivity index (χ2v) is 4.13. The summed E-state index contributed by atoms with van der Waals surface area (Å²) in [7, 11) is 0. The molecule has 0 atom stereocenters. The van der Waals surface area contributed by atoms with Crippen molar-refractivity contribution in [3.8, 4) is 0 Å². The fraction of sp³-hybridized carbons (Fsp3) is 0. The van der Waals surface area contributed by atoms with Gasteiger partial charge in [-0.15, -0.1) is 11.3 Å². The van der Waals surface area contributed by atoms with Crippen molar-refractivity contribution in [1.29, 1.82) is 0 Å². The van der Waals surface area contributed by atoms with Crippen LogP contribution in [0.2, 0.25) is 0 Å². The predicted molar refractivity (Wildman–Crippen MR) is 58.6 cm³/mol. The second kappa shape index (κ2) is 4.58. The van der Waals surface area contributed by atoms with Gasteiger partial charge in [-0.2, -0.15) is 0 Å². The van der Waals surface area contributed by atoms with Gasteiger partial charge in [-0.3, -0.25) is 4.79 Å². The number of nitrogens with one attached hydrogen (secondary N) is 1. The quantitative estimate of drug-likeness (QED) is 0.820. The molecule has 0 radical (unpaired) electrons. The van der Waals surface area contributed by atoms with Crippen molar-refractivity contribution in [2.75, 3.05) is 5.32 Å². The second-order valence-electron chi connectivity index (χ2n) is 3.18. The molecule has 0 fully saturated rings. The number of carbonyl (C=O) groups is 1. The first-order valence-corrected chi connectivity index (χ1v) is 5.45. The molecule has 2 rings (SSSR count). The standard InChI is InChI=1S/C11H6F3NOS/c12-6-4-7(13)10(14)8(5-6)15-11(16)9-2-1-3-17-9/h1-5H,(H,15,16). The number of amides is 1. The first-order valence-electron chi connectivity index (χ1n) is 4.57. The summed E-state index contributed by atoms with van der Waals surface area (Å²) in [6, 6.07) is 4.30. The van der Waals surface area contributed by atoms with E-state index in [1.165, 1.54) is 6.07 Å². The highest BCUT2D eigenvalue weighted by atomic mass is 32.1. The summed E-state index contributed by atoms with van der Waals surface area (Å²) in [5.74, 6) is -4.18. The molecule has 2 aromatic rings. The Bertz CT molecular complexity index is 554. The van der Waals surface area contributed by atoms with Crippen LogP contribution in [0.5, 0.6) is 0 Å². The Morgan fingerprint density at radius 1 is 1.24 bits per heavy atom. The fourth-order valence-corrected chi connectivity index (χ4v) is 1.86. The van der Waals surface area contributed by atoms with E-state index >= 15 is 0 Å². The van der Waals surface area contributed by atoms with E-state index in [0.29, 0.717) is 10.9 Å². The number of anilines is 1. The number of thiophene rings is 1. The molecule has 0 saturated heterocycles. The largest absolute Gasteiger partial charge is 0.319 e. The van der Waals surface area contributed by atoms with Crippen LogP contribution in [0, 0.1) is 17.5 Å². The van der Waals surface area contributed by atoms with Crippen LogP contribution in [0.3, 0.4) is 0 Å². The Labute approximate surface area is 98.7 Å². The van der Waals surface area contributed by atoms with Crippen molar-refractivity contribution in [2.45, 2.75) is 0 Å². The molecule has 0 aliphatic carbocycles. The molecule has 0 aliphatic heterocycles. The van der Waals surface area contributed by atoms with Crippen LogP contribution >= 0.6 is 11.3 Å². The van der Waals surface area contributed by atoms with E-state index in [9.17, 15) is 18.0 Å². The van der Waals surface area contributed by atoms with E-state index in [1.54, 1.807) is 11.4 Å². The van der Waals surface area contributed by atoms with Gasteiger partial charge in [-0.1, -0.05) is 6.07 Å². The number of benzene rings is 1. The molecule has 1 N–H and O–H groups in total. The zero-order chi connectivity index (χ0) is 12.4. The molecule has 0 spiro atoms. The number of carbonyl (C=O) groups excluding carboxylic acids is 1. The molecule has 1 amide bonds. The summed E-state index contributed by atoms with van der Waals surface area (Å²) < 4.78 is 38.9. The van der Waals surface area contributed by atoms with Crippen LogP contribution in [-0.4, -0.2) is 5.91 Å². The molecule has 1 aromatic heterocycles. The lowest BCUT2D eigenvalue weighted by Gasteiger charge is -2.05. The lowest BCUT2D eigenvalue weighted by molar-refractivity contribution is 0.103. The van der Waals surface area contributed by atoms with Gasteiger partial charge in [0.25, 0.3) is 5.91 Å². The number of hydrogen-bond donors (Lipinski definition) is 1. The fourth-order valence-electron chi connectivity index (χ4n) is 1.24. The highest BCUT2D eigenvalue weighted by Crippen LogP contribution is 2.20. The normalized spacial score (nSPS) is 10.3. The van der Waals surface area contributed by atoms with Gasteiger partial charge in [0.15, 0.2) is 11.6 Å². The van der Waals surface area contributed by atoms with Gasteiger partial charge < -0.3 is 5.32 Å². The third kappa shape index (κ3) is 2.47. The molecule has 0 bridgehead atoms. The Hall–Kier alpha value is -1.82. The van der Waals surface area contributed by atoms with E-state index in [0.717, 1.165) is 17.4 Å². The average Bonchev–Trinajstić information content (AvgIpc) is 2.78. The molecule has 0 saturated carbocycles. The average molecular weight is 257 g/mol. The molecular weight excluding hydrogens is 251 g/mol. The van der Waals surface area contributed by atoms with E-state index in [4.69, 9.17) is 0 Å². The van der Waals surface area contributed by atoms with Gasteiger partial charge >= 0.3 is 0 Å². The SMILES string of the molecule is O=C(Nc1cc(F)cc(F)c1F)c1cccs1. The zero-order valence-corrected chi connectivity index (χ0v) is 9.15. The zero-order valence-electron chi connectivity index (χ0n) is 8.34. The Kier molecular flexibility index (Phi) is 3.14. The molecule has 17 heavy (non-hydrogen) atoms. The van der Waals surface area contributed by atoms with Crippen molar-refractivity contribution < 1.29 is 18.0 Å². The maximum absolute atomic E-state index is 13.2. The van der Waals surface area contributed by atoms with E-state index in [-0.39, 0.29) is 0 Å². The minimum absolute atomic E-state index is 0.328. The Morgan fingerprint density at radius 2 is 2.00 bits per heavy atom. The third-order valence-corrected chi connectivity index (χ3v) is 2.85. The number of rotatable bonds is 2. The van der Waals surface area contributed by atoms with Crippen molar-refractivity contribution in [1.82, 2.24) is 0 Å². The van der Waals surface area contributed by atoms with Gasteiger partial charge in [0.2, 0.25) is 0 Å². The van der Waals surface area contributed by atoms with Crippen LogP contribution in [0.25, 0.3) is 0 Å². The maximum atomic E-state index is 13.2. The lowest BCUT2D eigenvalue weighted by atomic mass is 10.2. The molecule has 0 aliphatic rings. The minimum Gasteiger partial charge on any atom is -0.319 e. The van der Waals surface area contributed by atoms with Gasteiger partial charge in [0.1, 0.15) is 5.82 Å². The van der Waals surface area contributed by atoms with Gasteiger partial charge in [0.05, 0.1) is 10.6 Å². The smallest absolute Gasteiger partial charge is 0.265 e. The first-order chi connectivity index (χ1) is 8.08. The number of hydrogen-bond acceptors (Lipinski definition) is 2. The van der Waals surface area contributed by atoms with Crippen LogP contribution < -0.4 is 5.32 Å². The molecule has 2 nitrogen and oxygen atoms in total. The van der Waals surface area contributed by atoms with Crippen LogP contribution in [-0.2, 0) is 0 Å². The highest BCUT2D eigenvalue weighted by Gasteiger charge is 2.14. The Morgan fingerprint density at radius 3 is 2.65 bits per heavy atom. The van der Waals surface area contributed by atoms with Gasteiger partial charge in [0, 0.05) is 12.1 Å². The lowest BCUT2D eigenvalue weighted by Crippen LogP contribution is -2.12. The predicted octanol–water partition coefficient (Wildman–Crippen LogP) is 3.42. The summed E-state index contributed by atoms with van der Waals surface area (Å²) in [6.07, 6.45) is 0. The molecule has 6 heteroatoms. The highest BCUT2D eigenvalue weighted by molar-refractivity contribution is 7.12. The summed E-state index contributed by atoms with van der Waals surface area (Å²) >= 11 is 1.14. The van der Waals surface area contributed by atoms with Crippen molar-refractivity contribution >= 4 is 22.9 Å². The summed E-state index contributed by atoms with van der Waals surface area (Å²) in [6.45, 7) is 0. The molecular formula is C11H6F3NOS. The summed E-state index contributed by atoms with van der Waals surface area (Å²) in [5.41, 5.74) is -0.513. The third-order valence-electron chi connectivity index (χ3n) is 1.99. The van der Waals surface area contributed by atoms with Crippen LogP contribution in [0.4, 0.5) is 18.9 Å². The van der Waals surface area contributed by atoms with Crippen molar-refractivity contribution in [3.63, 3.8) is 0 Å². The van der Waals surface area contributed by atoms with Crippen molar-refractivity contribution in [2.24, 2.45) is 0 Å². The maximum Gasteiger partial charge on any atom is 0.265 e. The van der Waals surface area contributed by atoms with E-state index in [2.05, 4.69) is 5.32 Å². The first kappa shape index (κ1) is 11.7. The summed E-state index contributed by atoms with van der Waals surface area (Å²) in [5, 5.41) is 3.77. The monoisotopic (exact) mass is 257 g/mol. The van der Waals surface area contributed by atoms with E-state index in [1.807, 2.05) is 0 Å². The molecule has 1 aromatic carbocycles. The van der Waals surface area contributed by atoms with Crippen LogP contribution in [0.1, 0.15) is 9.67 Å². The summed E-state index contributed by atoms with van der Waals surface area (Å²) in [4.78, 5) is 11.9. The van der Waals surface area contributed by atoms with Crippen molar-refractivity contribution in [3.05, 3.63) is 52.0 Å². The Balaban J connectivity index is 2.28. The topological polar surface area (TPSA) is 29.1 Å².